The Morgan fingerprint density at radius 2 is 1.96 bits per heavy atom. The van der Waals surface area contributed by atoms with Crippen molar-refractivity contribution in [3.05, 3.63) is 76.5 Å². The summed E-state index contributed by atoms with van der Waals surface area (Å²) in [5, 5.41) is 7.52. The normalized spacial score (nSPS) is 16.0. The standard InChI is InChI=1S/C18H13BrF2N4O/c19-13-3-1-2-12(8-13)16-9-15(24-18-22-10-23-25(16)18)11-4-6-14(7-5-11)26-17(20)21/h1-10,16-17H,(H,22,23,24)/t16-/m0/s1. The molecule has 0 saturated heterocycles. The maximum absolute atomic E-state index is 12.3. The van der Waals surface area contributed by atoms with Crippen LogP contribution in [0.25, 0.3) is 5.70 Å². The van der Waals surface area contributed by atoms with E-state index < -0.39 is 6.61 Å². The van der Waals surface area contributed by atoms with Gasteiger partial charge in [-0.25, -0.2) is 4.68 Å². The molecule has 26 heavy (non-hydrogen) atoms. The molecular weight excluding hydrogens is 406 g/mol. The summed E-state index contributed by atoms with van der Waals surface area (Å²) in [4.78, 5) is 4.25. The van der Waals surface area contributed by atoms with E-state index in [4.69, 9.17) is 0 Å². The number of benzene rings is 2. The zero-order valence-corrected chi connectivity index (χ0v) is 14.9. The Labute approximate surface area is 156 Å². The molecule has 0 spiro atoms. The van der Waals surface area contributed by atoms with Crippen molar-refractivity contribution in [3.8, 4) is 5.75 Å². The van der Waals surface area contributed by atoms with E-state index in [2.05, 4.69) is 36.1 Å². The number of halogens is 3. The molecule has 1 aliphatic heterocycles. The zero-order chi connectivity index (χ0) is 18.1. The smallest absolute Gasteiger partial charge is 0.387 e. The summed E-state index contributed by atoms with van der Waals surface area (Å²) in [7, 11) is 0. The van der Waals surface area contributed by atoms with Gasteiger partial charge in [-0.2, -0.15) is 18.9 Å². The summed E-state index contributed by atoms with van der Waals surface area (Å²) in [6.07, 6.45) is 3.51. The average molecular weight is 419 g/mol. The van der Waals surface area contributed by atoms with Crippen LogP contribution in [-0.2, 0) is 0 Å². The number of fused-ring (bicyclic) bond motifs is 1. The highest BCUT2D eigenvalue weighted by Gasteiger charge is 2.23. The minimum atomic E-state index is -2.84. The van der Waals surface area contributed by atoms with Gasteiger partial charge in [-0.3, -0.25) is 0 Å². The molecule has 1 aromatic heterocycles. The largest absolute Gasteiger partial charge is 0.435 e. The van der Waals surface area contributed by atoms with E-state index >= 15 is 0 Å². The van der Waals surface area contributed by atoms with Gasteiger partial charge in [0.2, 0.25) is 5.95 Å². The van der Waals surface area contributed by atoms with E-state index in [9.17, 15) is 8.78 Å². The van der Waals surface area contributed by atoms with Gasteiger partial charge in [-0.15, -0.1) is 0 Å². The van der Waals surface area contributed by atoms with Gasteiger partial charge in [-0.1, -0.05) is 28.1 Å². The van der Waals surface area contributed by atoms with Gasteiger partial charge in [0.1, 0.15) is 18.1 Å². The number of allylic oxidation sites excluding steroid dienone is 1. The monoisotopic (exact) mass is 418 g/mol. The van der Waals surface area contributed by atoms with Crippen molar-refractivity contribution < 1.29 is 13.5 Å². The molecule has 3 aromatic rings. The lowest BCUT2D eigenvalue weighted by molar-refractivity contribution is -0.0498. The van der Waals surface area contributed by atoms with E-state index in [1.54, 1.807) is 16.8 Å². The molecule has 0 radical (unpaired) electrons. The number of hydrogen-bond acceptors (Lipinski definition) is 4. The van der Waals surface area contributed by atoms with Crippen LogP contribution >= 0.6 is 15.9 Å². The maximum atomic E-state index is 12.3. The summed E-state index contributed by atoms with van der Waals surface area (Å²) in [5.41, 5.74) is 2.70. The molecule has 5 nitrogen and oxygen atoms in total. The number of ether oxygens (including phenoxy) is 1. The van der Waals surface area contributed by atoms with E-state index in [-0.39, 0.29) is 11.8 Å². The second kappa shape index (κ2) is 6.87. The molecule has 4 rings (SSSR count). The van der Waals surface area contributed by atoms with Crippen LogP contribution < -0.4 is 10.1 Å². The predicted molar refractivity (Wildman–Crippen MR) is 97.0 cm³/mol. The molecule has 0 bridgehead atoms. The summed E-state index contributed by atoms with van der Waals surface area (Å²) >= 11 is 3.49. The number of anilines is 1. The number of alkyl halides is 2. The highest BCUT2D eigenvalue weighted by molar-refractivity contribution is 9.10. The van der Waals surface area contributed by atoms with E-state index in [0.717, 1.165) is 21.3 Å². The molecular formula is C18H13BrF2N4O. The Morgan fingerprint density at radius 1 is 1.15 bits per heavy atom. The van der Waals surface area contributed by atoms with Crippen LogP contribution in [0.3, 0.4) is 0 Å². The van der Waals surface area contributed by atoms with Crippen molar-refractivity contribution in [2.24, 2.45) is 0 Å². The lowest BCUT2D eigenvalue weighted by Crippen LogP contribution is -2.20. The minimum absolute atomic E-state index is 0.117. The Balaban J connectivity index is 1.70. The molecule has 1 aliphatic rings. The van der Waals surface area contributed by atoms with Crippen LogP contribution in [-0.4, -0.2) is 21.4 Å². The Bertz CT molecular complexity index is 956. The van der Waals surface area contributed by atoms with Gasteiger partial charge in [0.05, 0.1) is 0 Å². The number of nitrogens with zero attached hydrogens (tertiary/aromatic N) is 3. The van der Waals surface area contributed by atoms with Crippen LogP contribution in [0.1, 0.15) is 17.2 Å². The first kappa shape index (κ1) is 16.7. The molecule has 0 aliphatic carbocycles. The van der Waals surface area contributed by atoms with Crippen molar-refractivity contribution in [1.29, 1.82) is 0 Å². The number of nitrogens with one attached hydrogen (secondary N) is 1. The van der Waals surface area contributed by atoms with Crippen LogP contribution in [0.15, 0.2) is 65.4 Å². The van der Waals surface area contributed by atoms with E-state index in [1.165, 1.54) is 18.5 Å². The average Bonchev–Trinajstić information content (AvgIpc) is 3.09. The second-order valence-corrected chi connectivity index (χ2v) is 6.55. The first-order chi connectivity index (χ1) is 12.6. The first-order valence-electron chi connectivity index (χ1n) is 7.79. The zero-order valence-electron chi connectivity index (χ0n) is 13.3. The third-order valence-electron chi connectivity index (χ3n) is 3.99. The first-order valence-corrected chi connectivity index (χ1v) is 8.58. The molecule has 8 heteroatoms. The van der Waals surface area contributed by atoms with Crippen molar-refractivity contribution in [2.45, 2.75) is 12.7 Å². The fourth-order valence-corrected chi connectivity index (χ4v) is 3.26. The maximum Gasteiger partial charge on any atom is 0.387 e. The molecule has 0 fully saturated rings. The van der Waals surface area contributed by atoms with Crippen LogP contribution in [0.2, 0.25) is 0 Å². The van der Waals surface area contributed by atoms with Crippen molar-refractivity contribution in [3.63, 3.8) is 0 Å². The SMILES string of the molecule is FC(F)Oc1ccc(C2=C[C@@H](c3cccc(Br)c3)n3ncnc3N2)cc1. The molecule has 132 valence electrons. The van der Waals surface area contributed by atoms with Crippen molar-refractivity contribution >= 4 is 27.6 Å². The molecule has 1 atom stereocenters. The lowest BCUT2D eigenvalue weighted by atomic mass is 10.0. The fraction of sp³-hybridized carbons (Fsp3) is 0.111. The molecule has 2 aromatic carbocycles. The van der Waals surface area contributed by atoms with Gasteiger partial charge >= 0.3 is 6.61 Å². The van der Waals surface area contributed by atoms with Gasteiger partial charge in [0.15, 0.2) is 0 Å². The molecule has 2 heterocycles. The quantitative estimate of drug-likeness (QED) is 0.667. The highest BCUT2D eigenvalue weighted by atomic mass is 79.9. The molecule has 0 saturated carbocycles. The summed E-state index contributed by atoms with van der Waals surface area (Å²) in [6, 6.07) is 14.3. The summed E-state index contributed by atoms with van der Waals surface area (Å²) in [5.74, 6) is 0.729. The second-order valence-electron chi connectivity index (χ2n) is 5.64. The predicted octanol–water partition coefficient (Wildman–Crippen LogP) is 4.70. The topological polar surface area (TPSA) is 52.0 Å². The highest BCUT2D eigenvalue weighted by Crippen LogP contribution is 2.33. The van der Waals surface area contributed by atoms with Gasteiger partial charge in [0, 0.05) is 10.2 Å². The fourth-order valence-electron chi connectivity index (χ4n) is 2.85. The molecule has 0 unspecified atom stereocenters. The van der Waals surface area contributed by atoms with E-state index in [0.29, 0.717) is 5.95 Å². The number of rotatable bonds is 4. The van der Waals surface area contributed by atoms with E-state index in [1.807, 2.05) is 30.3 Å². The minimum Gasteiger partial charge on any atom is -0.435 e. The number of hydrogen-bond donors (Lipinski definition) is 1. The van der Waals surface area contributed by atoms with Crippen molar-refractivity contribution in [2.75, 3.05) is 5.32 Å². The summed E-state index contributed by atoms with van der Waals surface area (Å²) in [6.45, 7) is -2.84. The number of aromatic nitrogens is 3. The van der Waals surface area contributed by atoms with Crippen molar-refractivity contribution in [1.82, 2.24) is 14.8 Å². The van der Waals surface area contributed by atoms with Crippen LogP contribution in [0.5, 0.6) is 5.75 Å². The summed E-state index contributed by atoms with van der Waals surface area (Å²) < 4.78 is 31.8. The third kappa shape index (κ3) is 3.32. The molecule has 1 N–H and O–H groups in total. The van der Waals surface area contributed by atoms with Gasteiger partial charge in [-0.05, 0) is 53.6 Å². The Morgan fingerprint density at radius 3 is 2.69 bits per heavy atom. The lowest BCUT2D eigenvalue weighted by Gasteiger charge is -2.24. The van der Waals surface area contributed by atoms with Crippen LogP contribution in [0.4, 0.5) is 14.7 Å². The molecule has 0 amide bonds. The van der Waals surface area contributed by atoms with Crippen LogP contribution in [0, 0.1) is 0 Å². The van der Waals surface area contributed by atoms with Gasteiger partial charge < -0.3 is 10.1 Å². The Kier molecular flexibility index (Phi) is 4.42. The van der Waals surface area contributed by atoms with Gasteiger partial charge in [0.25, 0.3) is 0 Å². The Hall–Kier alpha value is -2.74. The third-order valence-corrected chi connectivity index (χ3v) is 4.48.